The summed E-state index contributed by atoms with van der Waals surface area (Å²) in [6.07, 6.45) is 2.01. The quantitative estimate of drug-likeness (QED) is 0.727. The van der Waals surface area contributed by atoms with Crippen molar-refractivity contribution < 1.29 is 9.59 Å². The highest BCUT2D eigenvalue weighted by Crippen LogP contribution is 2.22. The van der Waals surface area contributed by atoms with Gasteiger partial charge in [-0.05, 0) is 20.1 Å². The van der Waals surface area contributed by atoms with E-state index in [1.54, 1.807) is 16.7 Å². The molecule has 0 aromatic rings. The van der Waals surface area contributed by atoms with Gasteiger partial charge in [0.2, 0.25) is 11.8 Å². The third-order valence-corrected chi connectivity index (χ3v) is 3.48. The van der Waals surface area contributed by atoms with Gasteiger partial charge in [-0.1, -0.05) is 0 Å². The molecule has 1 aliphatic heterocycles. The third kappa shape index (κ3) is 2.90. The van der Waals surface area contributed by atoms with E-state index in [0.29, 0.717) is 6.54 Å². The number of nitrogens with zero attached hydrogens (tertiary/aromatic N) is 1. The smallest absolute Gasteiger partial charge is 0.242 e. The minimum atomic E-state index is -0.0681. The Morgan fingerprint density at radius 2 is 2.14 bits per heavy atom. The summed E-state index contributed by atoms with van der Waals surface area (Å²) in [5, 5.41) is 2.53. The number of hydrogen-bond donors (Lipinski definition) is 1. The van der Waals surface area contributed by atoms with E-state index in [2.05, 4.69) is 19.2 Å². The summed E-state index contributed by atoms with van der Waals surface area (Å²) in [4.78, 5) is 24.1. The lowest BCUT2D eigenvalue weighted by atomic mass is 10.2. The average Bonchev–Trinajstić information content (AvgIpc) is 2.11. The summed E-state index contributed by atoms with van der Waals surface area (Å²) in [6, 6.07) is 0. The fourth-order valence-corrected chi connectivity index (χ4v) is 1.56. The number of amides is 2. The van der Waals surface area contributed by atoms with Crippen molar-refractivity contribution in [3.8, 4) is 0 Å². The first-order chi connectivity index (χ1) is 6.44. The van der Waals surface area contributed by atoms with Crippen molar-refractivity contribution in [3.63, 3.8) is 0 Å². The predicted octanol–water partition coefficient (Wildman–Crippen LogP) is 0.0864. The van der Waals surface area contributed by atoms with Gasteiger partial charge in [0.15, 0.2) is 0 Å². The minimum Gasteiger partial charge on any atom is -0.345 e. The Kier molecular flexibility index (Phi) is 3.42. The van der Waals surface area contributed by atoms with Crippen LogP contribution in [0.15, 0.2) is 0 Å². The molecule has 2 amide bonds. The lowest BCUT2D eigenvalue weighted by Gasteiger charge is -2.33. The second-order valence-electron chi connectivity index (χ2n) is 3.99. The van der Waals surface area contributed by atoms with Gasteiger partial charge >= 0.3 is 0 Å². The first-order valence-electron chi connectivity index (χ1n) is 4.54. The molecule has 0 aromatic carbocycles. The van der Waals surface area contributed by atoms with Crippen molar-refractivity contribution in [2.45, 2.75) is 18.6 Å². The molecule has 1 fully saturated rings. The molecule has 0 bridgehead atoms. The van der Waals surface area contributed by atoms with Gasteiger partial charge in [0.05, 0.1) is 13.1 Å². The van der Waals surface area contributed by atoms with Gasteiger partial charge in [-0.2, -0.15) is 11.8 Å². The number of carbonyl (C=O) groups is 2. The van der Waals surface area contributed by atoms with Gasteiger partial charge in [0.25, 0.3) is 0 Å². The molecule has 4 nitrogen and oxygen atoms in total. The van der Waals surface area contributed by atoms with Crippen LogP contribution in [0.2, 0.25) is 0 Å². The van der Waals surface area contributed by atoms with Crippen LogP contribution in [0.1, 0.15) is 13.8 Å². The molecule has 5 heteroatoms. The Morgan fingerprint density at radius 3 is 2.71 bits per heavy atom. The fourth-order valence-electron chi connectivity index (χ4n) is 1.27. The molecule has 14 heavy (non-hydrogen) atoms. The van der Waals surface area contributed by atoms with Gasteiger partial charge < -0.3 is 10.2 Å². The van der Waals surface area contributed by atoms with Crippen LogP contribution in [0.4, 0.5) is 0 Å². The van der Waals surface area contributed by atoms with Crippen molar-refractivity contribution in [2.24, 2.45) is 0 Å². The molecule has 1 N–H and O–H groups in total. The van der Waals surface area contributed by atoms with Crippen molar-refractivity contribution in [1.82, 2.24) is 10.2 Å². The molecule has 80 valence electrons. The summed E-state index contributed by atoms with van der Waals surface area (Å²) in [5.41, 5.74) is 0. The SMILES string of the molecule is CSC(C)(C)CN1CC(=O)NCC1=O. The van der Waals surface area contributed by atoms with Crippen molar-refractivity contribution in [2.75, 3.05) is 25.9 Å². The lowest BCUT2D eigenvalue weighted by molar-refractivity contribution is -0.140. The maximum absolute atomic E-state index is 11.4. The number of carbonyl (C=O) groups excluding carboxylic acids is 2. The van der Waals surface area contributed by atoms with Crippen LogP contribution in [-0.2, 0) is 9.59 Å². The summed E-state index contributed by atoms with van der Waals surface area (Å²) < 4.78 is 0.00722. The number of nitrogens with one attached hydrogen (secondary N) is 1. The summed E-state index contributed by atoms with van der Waals surface area (Å²) in [5.74, 6) is -0.0618. The minimum absolute atomic E-state index is 0.00623. The highest BCUT2D eigenvalue weighted by atomic mass is 32.2. The molecule has 0 saturated carbocycles. The summed E-state index contributed by atoms with van der Waals surface area (Å²) >= 11 is 1.70. The van der Waals surface area contributed by atoms with Crippen LogP contribution >= 0.6 is 11.8 Å². The van der Waals surface area contributed by atoms with Gasteiger partial charge in [-0.25, -0.2) is 0 Å². The van der Waals surface area contributed by atoms with Gasteiger partial charge in [0, 0.05) is 11.3 Å². The Labute approximate surface area is 88.4 Å². The molecule has 1 saturated heterocycles. The first-order valence-corrected chi connectivity index (χ1v) is 5.77. The third-order valence-electron chi connectivity index (χ3n) is 2.25. The zero-order chi connectivity index (χ0) is 10.8. The van der Waals surface area contributed by atoms with Gasteiger partial charge in [-0.3, -0.25) is 9.59 Å². The topological polar surface area (TPSA) is 49.4 Å². The van der Waals surface area contributed by atoms with E-state index in [4.69, 9.17) is 0 Å². The molecular formula is C9H16N2O2S. The zero-order valence-electron chi connectivity index (χ0n) is 8.79. The summed E-state index contributed by atoms with van der Waals surface area (Å²) in [6.45, 7) is 5.10. The van der Waals surface area contributed by atoms with E-state index >= 15 is 0 Å². The molecule has 0 spiro atoms. The molecule has 1 heterocycles. The highest BCUT2D eigenvalue weighted by Gasteiger charge is 2.28. The monoisotopic (exact) mass is 216 g/mol. The van der Waals surface area contributed by atoms with E-state index in [1.807, 2.05) is 6.26 Å². The molecule has 0 aliphatic carbocycles. The second-order valence-corrected chi connectivity index (χ2v) is 5.50. The molecule has 1 rings (SSSR count). The van der Waals surface area contributed by atoms with Crippen molar-refractivity contribution in [1.29, 1.82) is 0 Å². The first kappa shape index (κ1) is 11.4. The summed E-state index contributed by atoms with van der Waals surface area (Å²) in [7, 11) is 0. The maximum atomic E-state index is 11.4. The highest BCUT2D eigenvalue weighted by molar-refractivity contribution is 7.99. The second kappa shape index (κ2) is 4.21. The van der Waals surface area contributed by atoms with Gasteiger partial charge in [0.1, 0.15) is 0 Å². The van der Waals surface area contributed by atoms with E-state index in [-0.39, 0.29) is 29.7 Å². The number of hydrogen-bond acceptors (Lipinski definition) is 3. The van der Waals surface area contributed by atoms with Crippen molar-refractivity contribution in [3.05, 3.63) is 0 Å². The maximum Gasteiger partial charge on any atom is 0.242 e. The Morgan fingerprint density at radius 1 is 1.50 bits per heavy atom. The van der Waals surface area contributed by atoms with E-state index in [0.717, 1.165) is 0 Å². The number of piperazine rings is 1. The molecule has 1 aliphatic rings. The average molecular weight is 216 g/mol. The van der Waals surface area contributed by atoms with E-state index in [9.17, 15) is 9.59 Å². The van der Waals surface area contributed by atoms with Crippen molar-refractivity contribution >= 4 is 23.6 Å². The van der Waals surface area contributed by atoms with E-state index in [1.165, 1.54) is 0 Å². The molecule has 0 aromatic heterocycles. The van der Waals surface area contributed by atoms with Crippen LogP contribution < -0.4 is 5.32 Å². The van der Waals surface area contributed by atoms with Crippen LogP contribution in [0.3, 0.4) is 0 Å². The largest absolute Gasteiger partial charge is 0.345 e. The zero-order valence-corrected chi connectivity index (χ0v) is 9.61. The fraction of sp³-hybridized carbons (Fsp3) is 0.778. The van der Waals surface area contributed by atoms with Crippen LogP contribution in [-0.4, -0.2) is 47.4 Å². The molecule has 0 unspecified atom stereocenters. The lowest BCUT2D eigenvalue weighted by Crippen LogP contribution is -2.54. The number of rotatable bonds is 3. The Balaban J connectivity index is 2.58. The van der Waals surface area contributed by atoms with Crippen LogP contribution in [0.5, 0.6) is 0 Å². The van der Waals surface area contributed by atoms with Crippen LogP contribution in [0, 0.1) is 0 Å². The predicted molar refractivity (Wildman–Crippen MR) is 57.2 cm³/mol. The van der Waals surface area contributed by atoms with Gasteiger partial charge in [-0.15, -0.1) is 0 Å². The van der Waals surface area contributed by atoms with E-state index < -0.39 is 0 Å². The molecule has 0 atom stereocenters. The number of thioether (sulfide) groups is 1. The Bertz CT molecular complexity index is 253. The van der Waals surface area contributed by atoms with Crippen LogP contribution in [0.25, 0.3) is 0 Å². The molecule has 0 radical (unpaired) electrons. The molecular weight excluding hydrogens is 200 g/mol. The standard InChI is InChI=1S/C9H16N2O2S/c1-9(2,14-3)6-11-5-7(12)10-4-8(11)13/h4-6H2,1-3H3,(H,10,12). The normalized spacial score (nSPS) is 18.4. The Hall–Kier alpha value is -0.710.